The smallest absolute Gasteiger partial charge is 0.267 e. The van der Waals surface area contributed by atoms with Crippen LogP contribution in [-0.4, -0.2) is 52.4 Å². The number of nitrogens with zero attached hydrogens (tertiary/aromatic N) is 3. The van der Waals surface area contributed by atoms with Crippen LogP contribution >= 0.6 is 0 Å². The van der Waals surface area contributed by atoms with E-state index < -0.39 is 6.10 Å². The predicted molar refractivity (Wildman–Crippen MR) is 88.6 cm³/mol. The van der Waals surface area contributed by atoms with Crippen LogP contribution in [0, 0.1) is 0 Å². The lowest BCUT2D eigenvalue weighted by Crippen LogP contribution is -2.50. The highest BCUT2D eigenvalue weighted by Crippen LogP contribution is 2.34. The number of amides is 1. The molecule has 3 atom stereocenters. The minimum absolute atomic E-state index is 0.0766. The van der Waals surface area contributed by atoms with Gasteiger partial charge in [0.1, 0.15) is 12.2 Å². The molecular weight excluding hydrogens is 322 g/mol. The molecule has 1 saturated heterocycles. The zero-order valence-corrected chi connectivity index (χ0v) is 13.9. The highest BCUT2D eigenvalue weighted by molar-refractivity contribution is 5.82. The number of hydrogen-bond donors (Lipinski definition) is 0. The molecule has 0 radical (unpaired) electrons. The van der Waals surface area contributed by atoms with Crippen molar-refractivity contribution in [3.8, 4) is 17.4 Å². The van der Waals surface area contributed by atoms with Gasteiger partial charge >= 0.3 is 0 Å². The summed E-state index contributed by atoms with van der Waals surface area (Å²) in [7, 11) is 0. The molecule has 0 unspecified atom stereocenters. The minimum atomic E-state index is -0.648. The number of aromatic nitrogens is 2. The number of carbonyl (C=O) groups is 1. The molecule has 0 N–H and O–H groups in total. The lowest BCUT2D eigenvalue weighted by molar-refractivity contribution is -0.143. The quantitative estimate of drug-likeness (QED) is 0.846. The first kappa shape index (κ1) is 15.7. The normalized spacial score (nSPS) is 24.8. The second-order valence-electron chi connectivity index (χ2n) is 6.18. The predicted octanol–water partition coefficient (Wildman–Crippen LogP) is 1.68. The van der Waals surface area contributed by atoms with Crippen molar-refractivity contribution in [2.75, 3.05) is 13.1 Å². The molecule has 1 aromatic carbocycles. The maximum absolute atomic E-state index is 12.9. The standard InChI is InChI=1S/C18H19N3O4/c1-12-17(25-15-6-3-2-5-14(15)23-12)18(22)21-10-8-13(11-21)24-16-7-4-9-19-20-16/h2-7,9,12-13,17H,8,10-11H2,1H3/t12-,13+,17-/m0/s1. The molecule has 2 aliphatic rings. The Morgan fingerprint density at radius 2 is 2.00 bits per heavy atom. The molecule has 2 aromatic rings. The Hall–Kier alpha value is -2.83. The van der Waals surface area contributed by atoms with Crippen molar-refractivity contribution in [1.29, 1.82) is 0 Å². The minimum Gasteiger partial charge on any atom is -0.482 e. The molecule has 1 amide bonds. The molecule has 130 valence electrons. The molecule has 0 aliphatic carbocycles. The first-order chi connectivity index (χ1) is 12.2. The van der Waals surface area contributed by atoms with Crippen molar-refractivity contribution in [3.05, 3.63) is 42.6 Å². The van der Waals surface area contributed by atoms with Gasteiger partial charge < -0.3 is 19.1 Å². The number of ether oxygens (including phenoxy) is 3. The second kappa shape index (κ2) is 6.58. The number of para-hydroxylation sites is 2. The summed E-state index contributed by atoms with van der Waals surface area (Å²) in [4.78, 5) is 14.6. The largest absolute Gasteiger partial charge is 0.482 e. The van der Waals surface area contributed by atoms with Gasteiger partial charge in [-0.25, -0.2) is 0 Å². The summed E-state index contributed by atoms with van der Waals surface area (Å²) in [6, 6.07) is 10.9. The number of hydrogen-bond acceptors (Lipinski definition) is 6. The number of fused-ring (bicyclic) bond motifs is 1. The van der Waals surface area contributed by atoms with Gasteiger partial charge in [0.25, 0.3) is 5.91 Å². The molecule has 4 rings (SSSR count). The fourth-order valence-electron chi connectivity index (χ4n) is 3.12. The van der Waals surface area contributed by atoms with Crippen molar-refractivity contribution in [3.63, 3.8) is 0 Å². The van der Waals surface area contributed by atoms with E-state index in [1.165, 1.54) is 0 Å². The van der Waals surface area contributed by atoms with Crippen LogP contribution < -0.4 is 14.2 Å². The monoisotopic (exact) mass is 341 g/mol. The average molecular weight is 341 g/mol. The van der Waals surface area contributed by atoms with E-state index in [1.54, 1.807) is 23.2 Å². The van der Waals surface area contributed by atoms with Crippen molar-refractivity contribution < 1.29 is 19.0 Å². The van der Waals surface area contributed by atoms with Gasteiger partial charge in [0.05, 0.1) is 6.54 Å². The average Bonchev–Trinajstić information content (AvgIpc) is 3.10. The van der Waals surface area contributed by atoms with Crippen molar-refractivity contribution in [2.45, 2.75) is 31.7 Å². The van der Waals surface area contributed by atoms with E-state index in [4.69, 9.17) is 14.2 Å². The summed E-state index contributed by atoms with van der Waals surface area (Å²) in [6.07, 6.45) is 1.26. The van der Waals surface area contributed by atoms with Gasteiger partial charge in [-0.3, -0.25) is 4.79 Å². The van der Waals surface area contributed by atoms with Crippen molar-refractivity contribution in [1.82, 2.24) is 15.1 Å². The van der Waals surface area contributed by atoms with Gasteiger partial charge in [-0.2, -0.15) is 5.10 Å². The summed E-state index contributed by atoms with van der Waals surface area (Å²) in [5.41, 5.74) is 0. The first-order valence-corrected chi connectivity index (χ1v) is 8.36. The van der Waals surface area contributed by atoms with Crippen LogP contribution in [0.5, 0.6) is 17.4 Å². The van der Waals surface area contributed by atoms with Crippen molar-refractivity contribution >= 4 is 5.91 Å². The molecule has 7 nitrogen and oxygen atoms in total. The van der Waals surface area contributed by atoms with Crippen LogP contribution in [0.4, 0.5) is 0 Å². The first-order valence-electron chi connectivity index (χ1n) is 8.36. The van der Waals surface area contributed by atoms with E-state index >= 15 is 0 Å². The maximum Gasteiger partial charge on any atom is 0.267 e. The van der Waals surface area contributed by atoms with E-state index in [9.17, 15) is 4.79 Å². The van der Waals surface area contributed by atoms with E-state index in [0.717, 1.165) is 6.42 Å². The van der Waals surface area contributed by atoms with Crippen LogP contribution in [0.15, 0.2) is 42.6 Å². The fourth-order valence-corrected chi connectivity index (χ4v) is 3.12. The van der Waals surface area contributed by atoms with E-state index in [0.29, 0.717) is 30.5 Å². The van der Waals surface area contributed by atoms with Gasteiger partial charge in [0, 0.05) is 25.2 Å². The zero-order valence-electron chi connectivity index (χ0n) is 13.9. The summed E-state index contributed by atoms with van der Waals surface area (Å²) in [6.45, 7) is 2.98. The van der Waals surface area contributed by atoms with Crippen LogP contribution in [0.1, 0.15) is 13.3 Å². The van der Waals surface area contributed by atoms with Gasteiger partial charge in [0.15, 0.2) is 11.5 Å². The Labute approximate surface area is 145 Å². The SMILES string of the molecule is C[C@@H]1Oc2ccccc2O[C@@H]1C(=O)N1CC[C@@H](Oc2cccnn2)C1. The molecule has 1 aromatic heterocycles. The Kier molecular flexibility index (Phi) is 4.13. The van der Waals surface area contributed by atoms with E-state index in [1.807, 2.05) is 31.2 Å². The van der Waals surface area contributed by atoms with E-state index in [-0.39, 0.29) is 18.1 Å². The van der Waals surface area contributed by atoms with Gasteiger partial charge in [-0.05, 0) is 25.1 Å². The van der Waals surface area contributed by atoms with Gasteiger partial charge in [0.2, 0.25) is 12.0 Å². The molecule has 0 bridgehead atoms. The van der Waals surface area contributed by atoms with Crippen LogP contribution in [0.3, 0.4) is 0 Å². The summed E-state index contributed by atoms with van der Waals surface area (Å²) in [5, 5.41) is 7.71. The van der Waals surface area contributed by atoms with E-state index in [2.05, 4.69) is 10.2 Å². The third kappa shape index (κ3) is 3.22. The number of carbonyl (C=O) groups excluding carboxylic acids is 1. The van der Waals surface area contributed by atoms with Crippen molar-refractivity contribution in [2.24, 2.45) is 0 Å². The maximum atomic E-state index is 12.9. The molecular formula is C18H19N3O4. The van der Waals surface area contributed by atoms with Crippen LogP contribution in [0.2, 0.25) is 0 Å². The Bertz CT molecular complexity index is 755. The Morgan fingerprint density at radius 3 is 2.76 bits per heavy atom. The molecule has 0 spiro atoms. The lowest BCUT2D eigenvalue weighted by atomic mass is 10.1. The third-order valence-corrected chi connectivity index (χ3v) is 4.38. The third-order valence-electron chi connectivity index (χ3n) is 4.38. The molecule has 3 heterocycles. The van der Waals surface area contributed by atoms with Gasteiger partial charge in [-0.15, -0.1) is 5.10 Å². The molecule has 7 heteroatoms. The number of likely N-dealkylation sites (tertiary alicyclic amines) is 1. The fraction of sp³-hybridized carbons (Fsp3) is 0.389. The molecule has 25 heavy (non-hydrogen) atoms. The van der Waals surface area contributed by atoms with Gasteiger partial charge in [-0.1, -0.05) is 12.1 Å². The second-order valence-corrected chi connectivity index (χ2v) is 6.18. The topological polar surface area (TPSA) is 73.8 Å². The lowest BCUT2D eigenvalue weighted by Gasteiger charge is -2.33. The summed E-state index contributed by atoms with van der Waals surface area (Å²) >= 11 is 0. The molecule has 1 fully saturated rings. The Balaban J connectivity index is 1.40. The number of benzene rings is 1. The summed E-state index contributed by atoms with van der Waals surface area (Å²) < 4.78 is 17.5. The molecule has 2 aliphatic heterocycles. The number of rotatable bonds is 3. The highest BCUT2D eigenvalue weighted by atomic mass is 16.6. The summed E-state index contributed by atoms with van der Waals surface area (Å²) in [5.74, 6) is 1.67. The van der Waals surface area contributed by atoms with Crippen LogP contribution in [-0.2, 0) is 4.79 Å². The zero-order chi connectivity index (χ0) is 17.2. The Morgan fingerprint density at radius 1 is 1.20 bits per heavy atom. The molecule has 0 saturated carbocycles. The van der Waals surface area contributed by atoms with Crippen LogP contribution in [0.25, 0.3) is 0 Å². The highest BCUT2D eigenvalue weighted by Gasteiger charge is 2.39.